The highest BCUT2D eigenvalue weighted by molar-refractivity contribution is 7.84. The predicted molar refractivity (Wildman–Crippen MR) is 70.2 cm³/mol. The molecule has 0 spiro atoms. The van der Waals surface area contributed by atoms with Crippen LogP contribution in [-0.4, -0.2) is 44.9 Å². The average molecular weight is 286 g/mol. The normalized spacial score (nSPS) is 20.4. The van der Waals surface area contributed by atoms with E-state index in [2.05, 4.69) is 20.8 Å². The largest absolute Gasteiger partial charge is 0.348 e. The summed E-state index contributed by atoms with van der Waals surface area (Å²) in [4.78, 5) is 15.8. The molecule has 106 valence electrons. The molecule has 0 aliphatic carbocycles. The van der Waals surface area contributed by atoms with Gasteiger partial charge >= 0.3 is 0 Å². The lowest BCUT2D eigenvalue weighted by Gasteiger charge is -2.02. The molecule has 2 heterocycles. The average Bonchev–Trinajstić information content (AvgIpc) is 3.08. The van der Waals surface area contributed by atoms with E-state index < -0.39 is 10.8 Å². The van der Waals surface area contributed by atoms with Crippen molar-refractivity contribution in [3.63, 3.8) is 0 Å². The van der Waals surface area contributed by atoms with Crippen LogP contribution in [0.5, 0.6) is 0 Å². The minimum absolute atomic E-state index is 0.0333. The number of nitrogens with zero attached hydrogens (tertiary/aromatic N) is 2. The number of nitrogens with one attached hydrogen (secondary N) is 2. The van der Waals surface area contributed by atoms with Gasteiger partial charge in [0.2, 0.25) is 5.89 Å². The van der Waals surface area contributed by atoms with Crippen molar-refractivity contribution in [3.8, 4) is 0 Å². The number of amides is 1. The second-order valence-corrected chi connectivity index (χ2v) is 6.16. The maximum absolute atomic E-state index is 11.7. The number of aromatic nitrogens is 2. The van der Waals surface area contributed by atoms with Gasteiger partial charge in [-0.1, -0.05) is 12.1 Å². The lowest BCUT2D eigenvalue weighted by atomic mass is 10.2. The van der Waals surface area contributed by atoms with Crippen LogP contribution in [0.2, 0.25) is 0 Å². The van der Waals surface area contributed by atoms with Crippen molar-refractivity contribution in [3.05, 3.63) is 11.7 Å². The molecule has 0 saturated carbocycles. The van der Waals surface area contributed by atoms with Gasteiger partial charge in [-0.15, -0.1) is 0 Å². The fourth-order valence-corrected chi connectivity index (χ4v) is 2.48. The minimum Gasteiger partial charge on any atom is -0.348 e. The summed E-state index contributed by atoms with van der Waals surface area (Å²) in [7, 11) is -0.885. The van der Waals surface area contributed by atoms with Gasteiger partial charge in [0.25, 0.3) is 11.7 Å². The van der Waals surface area contributed by atoms with Gasteiger partial charge in [0.1, 0.15) is 0 Å². The van der Waals surface area contributed by atoms with Gasteiger partial charge in [-0.05, 0) is 19.4 Å². The highest BCUT2D eigenvalue weighted by Crippen LogP contribution is 2.20. The first kappa shape index (κ1) is 14.1. The molecule has 1 aliphatic rings. The first-order valence-corrected chi connectivity index (χ1v) is 7.89. The number of rotatable bonds is 6. The van der Waals surface area contributed by atoms with E-state index in [0.717, 1.165) is 19.4 Å². The van der Waals surface area contributed by atoms with Crippen LogP contribution in [0.1, 0.15) is 42.3 Å². The third-order valence-electron chi connectivity index (χ3n) is 2.94. The Kier molecular flexibility index (Phi) is 5.03. The van der Waals surface area contributed by atoms with E-state index in [1.165, 1.54) is 0 Å². The van der Waals surface area contributed by atoms with Gasteiger partial charge in [0.05, 0.1) is 6.04 Å². The number of hydrogen-bond acceptors (Lipinski definition) is 6. The molecule has 0 aromatic carbocycles. The van der Waals surface area contributed by atoms with E-state index >= 15 is 0 Å². The molecule has 7 nitrogen and oxygen atoms in total. The van der Waals surface area contributed by atoms with Gasteiger partial charge in [-0.2, -0.15) is 4.98 Å². The van der Waals surface area contributed by atoms with E-state index in [1.807, 2.05) is 6.92 Å². The van der Waals surface area contributed by atoms with Crippen LogP contribution in [0, 0.1) is 0 Å². The van der Waals surface area contributed by atoms with Crippen LogP contribution in [0.25, 0.3) is 0 Å². The fraction of sp³-hybridized carbons (Fsp3) is 0.727. The van der Waals surface area contributed by atoms with Gasteiger partial charge in [-0.3, -0.25) is 9.00 Å². The van der Waals surface area contributed by atoms with Crippen LogP contribution in [0.15, 0.2) is 4.52 Å². The van der Waals surface area contributed by atoms with Crippen LogP contribution in [0.4, 0.5) is 0 Å². The highest BCUT2D eigenvalue weighted by atomic mass is 32.2. The molecule has 2 atom stereocenters. The zero-order valence-corrected chi connectivity index (χ0v) is 11.7. The fourth-order valence-electron chi connectivity index (χ4n) is 1.87. The van der Waals surface area contributed by atoms with E-state index in [0.29, 0.717) is 23.9 Å². The molecular weight excluding hydrogens is 268 g/mol. The molecule has 0 bridgehead atoms. The van der Waals surface area contributed by atoms with Crippen molar-refractivity contribution in [1.82, 2.24) is 20.8 Å². The van der Waals surface area contributed by atoms with Crippen LogP contribution in [-0.2, 0) is 10.8 Å². The zero-order valence-electron chi connectivity index (χ0n) is 10.8. The third-order valence-corrected chi connectivity index (χ3v) is 4.24. The maximum atomic E-state index is 11.7. The Labute approximate surface area is 114 Å². The molecule has 8 heteroatoms. The summed E-state index contributed by atoms with van der Waals surface area (Å²) in [5.74, 6) is 1.14. The predicted octanol–water partition coefficient (Wildman–Crippen LogP) is -0.00750. The Bertz CT molecular complexity index is 457. The molecule has 1 fully saturated rings. The van der Waals surface area contributed by atoms with E-state index in [1.54, 1.807) is 0 Å². The Morgan fingerprint density at radius 2 is 2.47 bits per heavy atom. The SMILES string of the molecule is CCS(=O)CCNC(=O)c1noc(C2CCCN2)n1. The van der Waals surface area contributed by atoms with Crippen molar-refractivity contribution in [1.29, 1.82) is 0 Å². The summed E-state index contributed by atoms with van der Waals surface area (Å²) in [6.07, 6.45) is 2.01. The van der Waals surface area contributed by atoms with Crippen molar-refractivity contribution in [2.45, 2.75) is 25.8 Å². The minimum atomic E-state index is -0.885. The van der Waals surface area contributed by atoms with Crippen molar-refractivity contribution in [2.75, 3.05) is 24.6 Å². The van der Waals surface area contributed by atoms with Gasteiger partial charge in [0.15, 0.2) is 0 Å². The molecule has 2 rings (SSSR count). The number of carbonyl (C=O) groups excluding carboxylic acids is 1. The maximum Gasteiger partial charge on any atom is 0.292 e. The number of carbonyl (C=O) groups is 1. The summed E-state index contributed by atoms with van der Waals surface area (Å²) in [6, 6.07) is 0.0571. The lowest BCUT2D eigenvalue weighted by molar-refractivity contribution is 0.0943. The van der Waals surface area contributed by atoms with Crippen LogP contribution in [0.3, 0.4) is 0 Å². The zero-order chi connectivity index (χ0) is 13.7. The van der Waals surface area contributed by atoms with Gasteiger partial charge in [-0.25, -0.2) is 0 Å². The molecule has 1 amide bonds. The molecule has 2 N–H and O–H groups in total. The standard InChI is InChI=1S/C11H18N4O3S/c1-2-19(17)7-6-13-10(16)9-14-11(18-15-9)8-4-3-5-12-8/h8,12H,2-7H2,1H3,(H,13,16). The second-order valence-electron chi connectivity index (χ2n) is 4.29. The lowest BCUT2D eigenvalue weighted by Crippen LogP contribution is -2.29. The summed E-state index contributed by atoms with van der Waals surface area (Å²) < 4.78 is 16.3. The molecule has 2 unspecified atom stereocenters. The molecule has 0 radical (unpaired) electrons. The highest BCUT2D eigenvalue weighted by Gasteiger charge is 2.24. The van der Waals surface area contributed by atoms with Crippen LogP contribution < -0.4 is 10.6 Å². The topological polar surface area (TPSA) is 97.1 Å². The summed E-state index contributed by atoms with van der Waals surface area (Å²) in [6.45, 7) is 3.13. The van der Waals surface area contributed by atoms with E-state index in [9.17, 15) is 9.00 Å². The molecule has 1 aromatic rings. The van der Waals surface area contributed by atoms with Crippen molar-refractivity contribution in [2.24, 2.45) is 0 Å². The van der Waals surface area contributed by atoms with E-state index in [-0.39, 0.29) is 17.8 Å². The quantitative estimate of drug-likeness (QED) is 0.763. The first-order chi connectivity index (χ1) is 9.20. The van der Waals surface area contributed by atoms with Crippen LogP contribution >= 0.6 is 0 Å². The molecule has 19 heavy (non-hydrogen) atoms. The molecular formula is C11H18N4O3S. The van der Waals surface area contributed by atoms with Gasteiger partial charge in [0, 0.05) is 28.9 Å². The number of hydrogen-bond donors (Lipinski definition) is 2. The first-order valence-electron chi connectivity index (χ1n) is 6.41. The summed E-state index contributed by atoms with van der Waals surface area (Å²) >= 11 is 0. The second kappa shape index (κ2) is 6.76. The molecule has 1 saturated heterocycles. The van der Waals surface area contributed by atoms with E-state index in [4.69, 9.17) is 4.52 Å². The third kappa shape index (κ3) is 3.84. The summed E-state index contributed by atoms with van der Waals surface area (Å²) in [5, 5.41) is 9.52. The smallest absolute Gasteiger partial charge is 0.292 e. The monoisotopic (exact) mass is 286 g/mol. The Morgan fingerprint density at radius 1 is 1.63 bits per heavy atom. The molecule has 1 aliphatic heterocycles. The Hall–Kier alpha value is -1.28. The Morgan fingerprint density at radius 3 is 3.16 bits per heavy atom. The van der Waals surface area contributed by atoms with Crippen molar-refractivity contribution >= 4 is 16.7 Å². The summed E-state index contributed by atoms with van der Waals surface area (Å²) in [5.41, 5.74) is 0. The molecule has 1 aromatic heterocycles. The van der Waals surface area contributed by atoms with Gasteiger partial charge < -0.3 is 15.2 Å². The Balaban J connectivity index is 1.84. The van der Waals surface area contributed by atoms with Crippen molar-refractivity contribution < 1.29 is 13.5 Å².